The highest BCUT2D eigenvalue weighted by Crippen LogP contribution is 2.35. The van der Waals surface area contributed by atoms with Gasteiger partial charge in [0.05, 0.1) is 15.0 Å². The lowest BCUT2D eigenvalue weighted by atomic mass is 10.0. The van der Waals surface area contributed by atoms with Crippen molar-refractivity contribution in [2.45, 2.75) is 68.3 Å². The van der Waals surface area contributed by atoms with Gasteiger partial charge in [0.2, 0.25) is 0 Å². The zero-order chi connectivity index (χ0) is 13.9. The monoisotopic (exact) mass is 404 g/mol. The van der Waals surface area contributed by atoms with E-state index in [2.05, 4.69) is 27.6 Å². The van der Waals surface area contributed by atoms with Crippen LogP contribution in [0.5, 0.6) is 0 Å². The number of halogens is 1. The Morgan fingerprint density at radius 1 is 1.15 bits per heavy atom. The van der Waals surface area contributed by atoms with Gasteiger partial charge in [-0.15, -0.1) is 0 Å². The Bertz CT molecular complexity index is 519. The molecule has 2 aliphatic rings. The molecular formula is C15H21IN2OS. The molecule has 0 saturated heterocycles. The fourth-order valence-corrected chi connectivity index (χ4v) is 5.21. The van der Waals surface area contributed by atoms with Crippen molar-refractivity contribution in [3.05, 3.63) is 25.4 Å². The van der Waals surface area contributed by atoms with Crippen LogP contribution >= 0.6 is 34.4 Å². The maximum Gasteiger partial charge on any atom is 0.264 e. The number of aromatic nitrogens is 2. The van der Waals surface area contributed by atoms with Gasteiger partial charge in [-0.25, -0.2) is 4.98 Å². The van der Waals surface area contributed by atoms with E-state index < -0.39 is 0 Å². The first-order valence-corrected chi connectivity index (χ1v) is 9.77. The number of nitrogens with one attached hydrogen (secondary N) is 1. The molecular weight excluding hydrogens is 383 g/mol. The van der Waals surface area contributed by atoms with Gasteiger partial charge < -0.3 is 4.98 Å². The molecule has 2 saturated carbocycles. The average Bonchev–Trinajstić information content (AvgIpc) is 3.12. The molecule has 1 N–H and O–H groups in total. The van der Waals surface area contributed by atoms with Crippen molar-refractivity contribution in [2.24, 2.45) is 0 Å². The summed E-state index contributed by atoms with van der Waals surface area (Å²) in [6.45, 7) is 0. The fourth-order valence-electron chi connectivity index (χ4n) is 3.31. The van der Waals surface area contributed by atoms with E-state index in [-0.39, 0.29) is 5.56 Å². The molecule has 1 aromatic rings. The Morgan fingerprint density at radius 2 is 1.80 bits per heavy atom. The first kappa shape index (κ1) is 14.9. The standard InChI is InChI=1S/C15H21IN2OS/c16-13-14(10-5-1-2-6-10)17-12(18-15(13)19)9-20-11-7-3-4-8-11/h10-11H,1-9H2,(H,17,18,19). The van der Waals surface area contributed by atoms with E-state index in [9.17, 15) is 4.79 Å². The van der Waals surface area contributed by atoms with E-state index in [1.54, 1.807) is 0 Å². The molecule has 0 radical (unpaired) electrons. The Morgan fingerprint density at radius 3 is 2.50 bits per heavy atom. The lowest BCUT2D eigenvalue weighted by Crippen LogP contribution is -2.19. The molecule has 3 nitrogen and oxygen atoms in total. The van der Waals surface area contributed by atoms with Gasteiger partial charge in [-0.05, 0) is 48.3 Å². The van der Waals surface area contributed by atoms with Crippen LogP contribution in [-0.4, -0.2) is 15.2 Å². The smallest absolute Gasteiger partial charge is 0.264 e. The van der Waals surface area contributed by atoms with Gasteiger partial charge in [0.1, 0.15) is 5.82 Å². The summed E-state index contributed by atoms with van der Waals surface area (Å²) >= 11 is 4.13. The summed E-state index contributed by atoms with van der Waals surface area (Å²) in [7, 11) is 0. The van der Waals surface area contributed by atoms with Gasteiger partial charge in [-0.3, -0.25) is 4.79 Å². The zero-order valence-electron chi connectivity index (χ0n) is 11.7. The van der Waals surface area contributed by atoms with Crippen molar-refractivity contribution in [1.29, 1.82) is 0 Å². The molecule has 0 amide bonds. The van der Waals surface area contributed by atoms with E-state index in [4.69, 9.17) is 4.98 Å². The van der Waals surface area contributed by atoms with Crippen molar-refractivity contribution in [3.63, 3.8) is 0 Å². The lowest BCUT2D eigenvalue weighted by Gasteiger charge is -2.13. The number of H-pyrrole nitrogens is 1. The predicted octanol–water partition coefficient (Wildman–Crippen LogP) is 4.21. The molecule has 2 fully saturated rings. The highest BCUT2D eigenvalue weighted by molar-refractivity contribution is 14.1. The molecule has 5 heteroatoms. The zero-order valence-corrected chi connectivity index (χ0v) is 14.6. The largest absolute Gasteiger partial charge is 0.309 e. The van der Waals surface area contributed by atoms with Crippen molar-refractivity contribution >= 4 is 34.4 Å². The van der Waals surface area contributed by atoms with Crippen molar-refractivity contribution in [3.8, 4) is 0 Å². The molecule has 20 heavy (non-hydrogen) atoms. The summed E-state index contributed by atoms with van der Waals surface area (Å²) in [6.07, 6.45) is 10.3. The van der Waals surface area contributed by atoms with Crippen LogP contribution in [0.15, 0.2) is 4.79 Å². The second-order valence-electron chi connectivity index (χ2n) is 5.91. The normalized spacial score (nSPS) is 20.9. The molecule has 0 bridgehead atoms. The van der Waals surface area contributed by atoms with Crippen LogP contribution in [-0.2, 0) is 5.75 Å². The van der Waals surface area contributed by atoms with Crippen LogP contribution in [0.25, 0.3) is 0 Å². The third-order valence-electron chi connectivity index (χ3n) is 4.44. The van der Waals surface area contributed by atoms with Crippen LogP contribution in [0.3, 0.4) is 0 Å². The third-order valence-corrected chi connectivity index (χ3v) is 6.86. The third kappa shape index (κ3) is 3.40. The number of nitrogens with zero attached hydrogens (tertiary/aromatic N) is 1. The molecule has 0 aliphatic heterocycles. The van der Waals surface area contributed by atoms with Crippen molar-refractivity contribution in [1.82, 2.24) is 9.97 Å². The maximum absolute atomic E-state index is 12.1. The molecule has 2 aliphatic carbocycles. The Hall–Kier alpha value is -0.0400. The molecule has 3 rings (SSSR count). The highest BCUT2D eigenvalue weighted by Gasteiger charge is 2.23. The SMILES string of the molecule is O=c1[nH]c(CSC2CCCC2)nc(C2CCCC2)c1I. The minimum atomic E-state index is 0.0597. The van der Waals surface area contributed by atoms with E-state index in [1.807, 2.05) is 11.8 Å². The van der Waals surface area contributed by atoms with Crippen LogP contribution in [0.2, 0.25) is 0 Å². The van der Waals surface area contributed by atoms with Crippen LogP contribution < -0.4 is 5.56 Å². The molecule has 0 atom stereocenters. The van der Waals surface area contributed by atoms with Gasteiger partial charge >= 0.3 is 0 Å². The number of hydrogen-bond acceptors (Lipinski definition) is 3. The first-order valence-electron chi connectivity index (χ1n) is 7.64. The van der Waals surface area contributed by atoms with Crippen molar-refractivity contribution < 1.29 is 0 Å². The average molecular weight is 404 g/mol. The van der Waals surface area contributed by atoms with Gasteiger partial charge in [0, 0.05) is 11.2 Å². The molecule has 110 valence electrons. The molecule has 1 aromatic heterocycles. The quantitative estimate of drug-likeness (QED) is 0.765. The van der Waals surface area contributed by atoms with Crippen LogP contribution in [0, 0.1) is 3.57 Å². The summed E-state index contributed by atoms with van der Waals surface area (Å²) < 4.78 is 0.809. The Kier molecular flexibility index (Phi) is 5.07. The van der Waals surface area contributed by atoms with Gasteiger partial charge in [0.25, 0.3) is 5.56 Å². The second-order valence-corrected chi connectivity index (χ2v) is 8.28. The van der Waals surface area contributed by atoms with Gasteiger partial charge in [-0.1, -0.05) is 25.7 Å². The van der Waals surface area contributed by atoms with E-state index >= 15 is 0 Å². The Balaban J connectivity index is 1.75. The van der Waals surface area contributed by atoms with E-state index in [0.29, 0.717) is 5.92 Å². The predicted molar refractivity (Wildman–Crippen MR) is 92.3 cm³/mol. The fraction of sp³-hybridized carbons (Fsp3) is 0.733. The molecule has 0 aromatic carbocycles. The first-order chi connectivity index (χ1) is 9.74. The minimum Gasteiger partial charge on any atom is -0.309 e. The maximum atomic E-state index is 12.1. The summed E-state index contributed by atoms with van der Waals surface area (Å²) in [5.41, 5.74) is 1.12. The number of rotatable bonds is 4. The molecule has 0 unspecified atom stereocenters. The topological polar surface area (TPSA) is 45.8 Å². The molecule has 1 heterocycles. The highest BCUT2D eigenvalue weighted by atomic mass is 127. The van der Waals surface area contributed by atoms with Gasteiger partial charge in [0.15, 0.2) is 0 Å². The van der Waals surface area contributed by atoms with E-state index in [0.717, 1.165) is 26.1 Å². The summed E-state index contributed by atoms with van der Waals surface area (Å²) in [6, 6.07) is 0. The lowest BCUT2D eigenvalue weighted by molar-refractivity contribution is 0.679. The second kappa shape index (κ2) is 6.81. The van der Waals surface area contributed by atoms with Crippen molar-refractivity contribution in [2.75, 3.05) is 0 Å². The molecule has 0 spiro atoms. The van der Waals surface area contributed by atoms with E-state index in [1.165, 1.54) is 51.4 Å². The minimum absolute atomic E-state index is 0.0597. The number of aromatic amines is 1. The summed E-state index contributed by atoms with van der Waals surface area (Å²) in [4.78, 5) is 19.9. The van der Waals surface area contributed by atoms with Crippen LogP contribution in [0.1, 0.15) is 68.8 Å². The number of hydrogen-bond donors (Lipinski definition) is 1. The number of thioether (sulfide) groups is 1. The van der Waals surface area contributed by atoms with Gasteiger partial charge in [-0.2, -0.15) is 11.8 Å². The summed E-state index contributed by atoms with van der Waals surface area (Å²) in [5, 5.41) is 0.773. The van der Waals surface area contributed by atoms with Crippen LogP contribution in [0.4, 0.5) is 0 Å². The Labute approximate surface area is 137 Å². The summed E-state index contributed by atoms with van der Waals surface area (Å²) in [5.74, 6) is 2.25.